The first-order chi connectivity index (χ1) is 17.5. The lowest BCUT2D eigenvalue weighted by molar-refractivity contribution is -0.150. The van der Waals surface area contributed by atoms with Crippen molar-refractivity contribution in [2.75, 3.05) is 16.4 Å². The summed E-state index contributed by atoms with van der Waals surface area (Å²) in [5, 5.41) is 15.3. The molecule has 3 aromatic rings. The van der Waals surface area contributed by atoms with Crippen LogP contribution in [0.3, 0.4) is 0 Å². The maximum Gasteiger partial charge on any atom is 0.317 e. The highest BCUT2D eigenvalue weighted by molar-refractivity contribution is 8.01. The number of hydrogen-bond acceptors (Lipinski definition) is 9. The van der Waals surface area contributed by atoms with E-state index in [1.54, 1.807) is 31.2 Å². The summed E-state index contributed by atoms with van der Waals surface area (Å²) in [6, 6.07) is 17.4. The third kappa shape index (κ3) is 8.23. The number of thioether (sulfide) groups is 1. The Labute approximate surface area is 219 Å². The zero-order valence-electron chi connectivity index (χ0n) is 20.1. The molecule has 1 heterocycles. The number of esters is 1. The van der Waals surface area contributed by atoms with E-state index >= 15 is 0 Å². The van der Waals surface area contributed by atoms with Crippen LogP contribution in [0.2, 0.25) is 0 Å². The fourth-order valence-corrected chi connectivity index (χ4v) is 5.38. The van der Waals surface area contributed by atoms with Gasteiger partial charge in [0.25, 0.3) is 5.91 Å². The number of carbonyl (C=O) groups excluding carboxylic acids is 2. The quantitative estimate of drug-likeness (QED) is 0.249. The van der Waals surface area contributed by atoms with Gasteiger partial charge >= 0.3 is 5.97 Å². The van der Waals surface area contributed by atoms with E-state index in [0.717, 1.165) is 23.5 Å². The molecule has 8 nitrogen and oxygen atoms in total. The van der Waals surface area contributed by atoms with Crippen LogP contribution < -0.4 is 15.4 Å². The lowest BCUT2D eigenvalue weighted by Gasteiger charge is -2.21. The Kier molecular flexibility index (Phi) is 9.57. The maximum atomic E-state index is 12.5. The monoisotopic (exact) mass is 526 g/mol. The fraction of sp³-hybridized carbons (Fsp3) is 0.385. The molecule has 1 amide bonds. The van der Waals surface area contributed by atoms with E-state index in [2.05, 4.69) is 20.8 Å². The van der Waals surface area contributed by atoms with Gasteiger partial charge in [-0.3, -0.25) is 9.59 Å². The summed E-state index contributed by atoms with van der Waals surface area (Å²) in [4.78, 5) is 24.7. The second-order valence-corrected chi connectivity index (χ2v) is 10.8. The molecule has 2 N–H and O–H groups in total. The van der Waals surface area contributed by atoms with Gasteiger partial charge in [0.05, 0.1) is 5.75 Å². The number of anilines is 2. The predicted octanol–water partition coefficient (Wildman–Crippen LogP) is 5.52. The zero-order chi connectivity index (χ0) is 25.2. The van der Waals surface area contributed by atoms with Gasteiger partial charge in [-0.2, -0.15) is 0 Å². The standard InChI is InChI=1S/C26H30N4O4S2/c1-18(24(32)27-21-12-14-22(15-13-21)33-16-19-8-4-2-5-9-19)34-23(31)17-35-26-30-29-25(36-26)28-20-10-6-3-7-11-20/h2,4-5,8-9,12-15,18,20H,3,6-7,10-11,16-17H2,1H3,(H,27,32)(H,28,29)/t18-/m0/s1. The number of nitrogens with zero attached hydrogens (tertiary/aromatic N) is 2. The molecule has 1 aliphatic carbocycles. The molecule has 0 bridgehead atoms. The highest BCUT2D eigenvalue weighted by atomic mass is 32.2. The van der Waals surface area contributed by atoms with Crippen LogP contribution in [0.25, 0.3) is 0 Å². The minimum atomic E-state index is -0.926. The Balaban J connectivity index is 1.16. The Morgan fingerprint density at radius 1 is 1.06 bits per heavy atom. The molecule has 36 heavy (non-hydrogen) atoms. The molecule has 1 atom stereocenters. The topological polar surface area (TPSA) is 102 Å². The highest BCUT2D eigenvalue weighted by Gasteiger charge is 2.19. The van der Waals surface area contributed by atoms with E-state index < -0.39 is 18.0 Å². The molecule has 0 spiro atoms. The maximum absolute atomic E-state index is 12.5. The SMILES string of the molecule is C[C@H](OC(=O)CSc1nnc(NC2CCCCC2)s1)C(=O)Nc1ccc(OCc2ccccc2)cc1. The van der Waals surface area contributed by atoms with Gasteiger partial charge in [0.1, 0.15) is 12.4 Å². The second kappa shape index (κ2) is 13.3. The second-order valence-electron chi connectivity index (χ2n) is 8.56. The van der Waals surface area contributed by atoms with E-state index in [1.165, 1.54) is 42.4 Å². The Hall–Kier alpha value is -3.11. The van der Waals surface area contributed by atoms with Crippen LogP contribution in [0, 0.1) is 0 Å². The van der Waals surface area contributed by atoms with Crippen LogP contribution in [0.4, 0.5) is 10.8 Å². The van der Waals surface area contributed by atoms with Gasteiger partial charge in [-0.25, -0.2) is 0 Å². The molecule has 10 heteroatoms. The molecule has 0 unspecified atom stereocenters. The molecule has 1 fully saturated rings. The lowest BCUT2D eigenvalue weighted by atomic mass is 9.96. The van der Waals surface area contributed by atoms with E-state index in [-0.39, 0.29) is 5.75 Å². The van der Waals surface area contributed by atoms with E-state index in [0.29, 0.717) is 28.4 Å². The number of carbonyl (C=O) groups is 2. The number of rotatable bonds is 11. The van der Waals surface area contributed by atoms with Crippen molar-refractivity contribution in [3.05, 3.63) is 60.2 Å². The molecular formula is C26H30N4O4S2. The lowest BCUT2D eigenvalue weighted by Crippen LogP contribution is -2.30. The van der Waals surface area contributed by atoms with Gasteiger partial charge in [-0.15, -0.1) is 10.2 Å². The van der Waals surface area contributed by atoms with Gasteiger partial charge in [0.2, 0.25) is 5.13 Å². The van der Waals surface area contributed by atoms with Crippen molar-refractivity contribution in [2.24, 2.45) is 0 Å². The first-order valence-electron chi connectivity index (χ1n) is 12.0. The fourth-order valence-electron chi connectivity index (χ4n) is 3.77. The van der Waals surface area contributed by atoms with Crippen LogP contribution in [0.5, 0.6) is 5.75 Å². The van der Waals surface area contributed by atoms with Crippen LogP contribution in [-0.4, -0.2) is 40.0 Å². The third-order valence-electron chi connectivity index (χ3n) is 5.70. The normalized spacial score (nSPS) is 14.6. The number of benzene rings is 2. The molecule has 0 aliphatic heterocycles. The smallest absolute Gasteiger partial charge is 0.317 e. The number of amides is 1. The predicted molar refractivity (Wildman–Crippen MR) is 143 cm³/mol. The molecule has 2 aromatic carbocycles. The van der Waals surface area contributed by atoms with Crippen molar-refractivity contribution >= 4 is 45.8 Å². The summed E-state index contributed by atoms with van der Waals surface area (Å²) in [5.41, 5.74) is 1.67. The Morgan fingerprint density at radius 2 is 1.81 bits per heavy atom. The molecule has 190 valence electrons. The summed E-state index contributed by atoms with van der Waals surface area (Å²) >= 11 is 2.69. The number of hydrogen-bond donors (Lipinski definition) is 2. The molecule has 0 saturated heterocycles. The van der Waals surface area contributed by atoms with Gasteiger partial charge in [-0.05, 0) is 49.6 Å². The average Bonchev–Trinajstić information content (AvgIpc) is 3.35. The average molecular weight is 527 g/mol. The molecule has 1 aromatic heterocycles. The zero-order valence-corrected chi connectivity index (χ0v) is 21.8. The first-order valence-corrected chi connectivity index (χ1v) is 13.9. The van der Waals surface area contributed by atoms with Crippen molar-refractivity contribution in [1.82, 2.24) is 10.2 Å². The number of nitrogens with one attached hydrogen (secondary N) is 2. The van der Waals surface area contributed by atoms with Crippen molar-refractivity contribution in [1.29, 1.82) is 0 Å². The molecule has 1 saturated carbocycles. The molecule has 1 aliphatic rings. The Morgan fingerprint density at radius 3 is 2.56 bits per heavy atom. The van der Waals surface area contributed by atoms with E-state index in [9.17, 15) is 9.59 Å². The first kappa shape index (κ1) is 26.0. The van der Waals surface area contributed by atoms with Crippen molar-refractivity contribution in [2.45, 2.75) is 62.1 Å². The number of ether oxygens (including phenoxy) is 2. The Bertz CT molecular complexity index is 1120. The highest BCUT2D eigenvalue weighted by Crippen LogP contribution is 2.28. The van der Waals surface area contributed by atoms with Gasteiger partial charge < -0.3 is 20.1 Å². The van der Waals surface area contributed by atoms with Gasteiger partial charge in [0.15, 0.2) is 10.4 Å². The van der Waals surface area contributed by atoms with Gasteiger partial charge in [0, 0.05) is 11.7 Å². The summed E-state index contributed by atoms with van der Waals surface area (Å²) in [7, 11) is 0. The van der Waals surface area contributed by atoms with Crippen LogP contribution in [-0.2, 0) is 20.9 Å². The summed E-state index contributed by atoms with van der Waals surface area (Å²) < 4.78 is 11.7. The summed E-state index contributed by atoms with van der Waals surface area (Å²) in [5.74, 6) is -0.129. The number of aromatic nitrogens is 2. The largest absolute Gasteiger partial charge is 0.489 e. The third-order valence-corrected chi connectivity index (χ3v) is 7.66. The molecule has 4 rings (SSSR count). The van der Waals surface area contributed by atoms with Crippen molar-refractivity contribution in [3.8, 4) is 5.75 Å². The summed E-state index contributed by atoms with van der Waals surface area (Å²) in [6.07, 6.45) is 5.16. The molecular weight excluding hydrogens is 496 g/mol. The van der Waals surface area contributed by atoms with E-state index in [1.807, 2.05) is 30.3 Å². The molecule has 0 radical (unpaired) electrons. The van der Waals surface area contributed by atoms with Crippen LogP contribution >= 0.6 is 23.1 Å². The van der Waals surface area contributed by atoms with Gasteiger partial charge in [-0.1, -0.05) is 72.7 Å². The van der Waals surface area contributed by atoms with Crippen molar-refractivity contribution < 1.29 is 19.1 Å². The minimum absolute atomic E-state index is 0.0587. The minimum Gasteiger partial charge on any atom is -0.489 e. The van der Waals surface area contributed by atoms with Crippen LogP contribution in [0.1, 0.15) is 44.6 Å². The van der Waals surface area contributed by atoms with E-state index in [4.69, 9.17) is 9.47 Å². The van der Waals surface area contributed by atoms with Crippen LogP contribution in [0.15, 0.2) is 58.9 Å². The van der Waals surface area contributed by atoms with Crippen molar-refractivity contribution in [3.63, 3.8) is 0 Å². The summed E-state index contributed by atoms with van der Waals surface area (Å²) in [6.45, 7) is 2.01.